The van der Waals surface area contributed by atoms with Crippen molar-refractivity contribution in [1.82, 2.24) is 9.55 Å². The van der Waals surface area contributed by atoms with Gasteiger partial charge in [0.05, 0.1) is 30.7 Å². The molecule has 6 heteroatoms. The second kappa shape index (κ2) is 6.79. The van der Waals surface area contributed by atoms with E-state index < -0.39 is 0 Å². The van der Waals surface area contributed by atoms with Crippen LogP contribution in [0.4, 0.5) is 17.2 Å². The van der Waals surface area contributed by atoms with Crippen molar-refractivity contribution in [3.63, 3.8) is 0 Å². The second-order valence-corrected chi connectivity index (χ2v) is 4.88. The Labute approximate surface area is 119 Å². The number of rotatable bonds is 7. The predicted octanol–water partition coefficient (Wildman–Crippen LogP) is 1.25. The van der Waals surface area contributed by atoms with Gasteiger partial charge in [0.1, 0.15) is 18.2 Å². The van der Waals surface area contributed by atoms with Crippen LogP contribution >= 0.6 is 0 Å². The Bertz CT molecular complexity index is 548. The normalized spacial score (nSPS) is 10.7. The summed E-state index contributed by atoms with van der Waals surface area (Å²) < 4.78 is 4.39. The average molecular weight is 275 g/mol. The Balaban J connectivity index is 1.75. The first-order valence-corrected chi connectivity index (χ1v) is 6.98. The van der Waals surface area contributed by atoms with Crippen LogP contribution in [0.1, 0.15) is 19.8 Å². The van der Waals surface area contributed by atoms with Gasteiger partial charge in [-0.2, -0.15) is 0 Å². The van der Waals surface area contributed by atoms with Crippen LogP contribution in [-0.2, 0) is 13.1 Å². The van der Waals surface area contributed by atoms with E-state index >= 15 is 0 Å². The Morgan fingerprint density at radius 3 is 3.00 bits per heavy atom. The number of aryl methyl sites for hydroxylation is 2. The largest absolute Gasteiger partial charge is 0.397 e. The number of nitrogens with two attached hydrogens (primary N) is 2. The number of nitrogen functional groups attached to an aromatic ring is 2. The standard InChI is InChI=1S/C14H23N6/c1-2-5-19-7-8-20(11-19)6-3-4-17-14-13(16)9-12(15)10-18-14/h7-11H,2-6,15-16H2,1H3,(H,17,18)/q+1. The van der Waals surface area contributed by atoms with E-state index in [1.165, 1.54) is 0 Å². The molecule has 0 aliphatic heterocycles. The van der Waals surface area contributed by atoms with Crippen molar-refractivity contribution in [2.24, 2.45) is 0 Å². The molecule has 0 bridgehead atoms. The summed E-state index contributed by atoms with van der Waals surface area (Å²) >= 11 is 0. The smallest absolute Gasteiger partial charge is 0.243 e. The monoisotopic (exact) mass is 275 g/mol. The molecule has 108 valence electrons. The van der Waals surface area contributed by atoms with E-state index in [9.17, 15) is 0 Å². The zero-order valence-corrected chi connectivity index (χ0v) is 11.9. The molecule has 0 saturated heterocycles. The molecule has 2 rings (SSSR count). The lowest BCUT2D eigenvalue weighted by atomic mass is 10.3. The summed E-state index contributed by atoms with van der Waals surface area (Å²) in [5.74, 6) is 0.702. The first-order valence-electron chi connectivity index (χ1n) is 6.98. The summed E-state index contributed by atoms with van der Waals surface area (Å²) in [6.45, 7) is 5.04. The van der Waals surface area contributed by atoms with Crippen molar-refractivity contribution in [3.05, 3.63) is 31.0 Å². The number of hydrogen-bond acceptors (Lipinski definition) is 4. The van der Waals surface area contributed by atoms with Crippen LogP contribution < -0.4 is 21.4 Å². The average Bonchev–Trinajstić information content (AvgIpc) is 2.85. The van der Waals surface area contributed by atoms with Gasteiger partial charge in [0.15, 0.2) is 0 Å². The minimum absolute atomic E-state index is 0.584. The highest BCUT2D eigenvalue weighted by Gasteiger charge is 2.03. The van der Waals surface area contributed by atoms with Gasteiger partial charge in [0.2, 0.25) is 6.33 Å². The van der Waals surface area contributed by atoms with E-state index in [2.05, 4.69) is 45.1 Å². The van der Waals surface area contributed by atoms with E-state index in [0.717, 1.165) is 32.5 Å². The van der Waals surface area contributed by atoms with Crippen molar-refractivity contribution in [1.29, 1.82) is 0 Å². The fourth-order valence-electron chi connectivity index (χ4n) is 2.08. The zero-order chi connectivity index (χ0) is 14.4. The molecule has 6 nitrogen and oxygen atoms in total. The van der Waals surface area contributed by atoms with Gasteiger partial charge < -0.3 is 16.8 Å². The van der Waals surface area contributed by atoms with Crippen molar-refractivity contribution >= 4 is 17.2 Å². The van der Waals surface area contributed by atoms with E-state index in [0.29, 0.717) is 17.2 Å². The highest BCUT2D eigenvalue weighted by molar-refractivity contribution is 5.65. The second-order valence-electron chi connectivity index (χ2n) is 4.88. The summed E-state index contributed by atoms with van der Waals surface area (Å²) in [7, 11) is 0. The van der Waals surface area contributed by atoms with Gasteiger partial charge in [0, 0.05) is 13.0 Å². The fourth-order valence-corrected chi connectivity index (χ4v) is 2.08. The maximum absolute atomic E-state index is 5.84. The third-order valence-corrected chi connectivity index (χ3v) is 3.05. The topological polar surface area (TPSA) is 85.8 Å². The lowest BCUT2D eigenvalue weighted by Gasteiger charge is -2.07. The molecule has 2 aromatic rings. The summed E-state index contributed by atoms with van der Waals surface area (Å²) in [4.78, 5) is 4.18. The van der Waals surface area contributed by atoms with Gasteiger partial charge in [-0.1, -0.05) is 6.92 Å². The SMILES string of the molecule is CCC[n+]1ccn(CCCNc2ncc(N)cc2N)c1. The molecule has 2 aromatic heterocycles. The van der Waals surface area contributed by atoms with Gasteiger partial charge in [0.25, 0.3) is 0 Å². The molecule has 20 heavy (non-hydrogen) atoms. The molecule has 0 spiro atoms. The number of anilines is 3. The fraction of sp³-hybridized carbons (Fsp3) is 0.429. The van der Waals surface area contributed by atoms with Crippen LogP contribution in [0.5, 0.6) is 0 Å². The minimum atomic E-state index is 0.584. The van der Waals surface area contributed by atoms with Crippen LogP contribution in [0.15, 0.2) is 31.0 Å². The molecular weight excluding hydrogens is 252 g/mol. The highest BCUT2D eigenvalue weighted by Crippen LogP contribution is 2.17. The summed E-state index contributed by atoms with van der Waals surface area (Å²) in [5, 5.41) is 3.23. The van der Waals surface area contributed by atoms with Crippen LogP contribution in [0, 0.1) is 0 Å². The first kappa shape index (κ1) is 14.2. The Morgan fingerprint density at radius 1 is 1.40 bits per heavy atom. The minimum Gasteiger partial charge on any atom is -0.397 e. The highest BCUT2D eigenvalue weighted by atomic mass is 15.1. The number of nitrogens with zero attached hydrogens (tertiary/aromatic N) is 3. The lowest BCUT2D eigenvalue weighted by Crippen LogP contribution is -2.30. The first-order chi connectivity index (χ1) is 9.69. The summed E-state index contributed by atoms with van der Waals surface area (Å²) in [6.07, 6.45) is 10.1. The number of nitrogens with one attached hydrogen (secondary N) is 1. The number of pyridine rings is 1. The number of hydrogen-bond donors (Lipinski definition) is 3. The molecule has 0 radical (unpaired) electrons. The summed E-state index contributed by atoms with van der Waals surface area (Å²) in [6, 6.07) is 1.72. The molecule has 0 amide bonds. The van der Waals surface area contributed by atoms with Gasteiger partial charge >= 0.3 is 0 Å². The van der Waals surface area contributed by atoms with Gasteiger partial charge in [-0.3, -0.25) is 0 Å². The predicted molar refractivity (Wildman–Crippen MR) is 81.1 cm³/mol. The van der Waals surface area contributed by atoms with Crippen molar-refractivity contribution < 1.29 is 4.57 Å². The van der Waals surface area contributed by atoms with Gasteiger partial charge in [-0.25, -0.2) is 14.1 Å². The molecule has 5 N–H and O–H groups in total. The van der Waals surface area contributed by atoms with E-state index in [-0.39, 0.29) is 0 Å². The molecule has 0 atom stereocenters. The van der Waals surface area contributed by atoms with E-state index in [4.69, 9.17) is 11.5 Å². The Kier molecular flexibility index (Phi) is 4.81. The maximum Gasteiger partial charge on any atom is 0.243 e. The van der Waals surface area contributed by atoms with Gasteiger partial charge in [-0.05, 0) is 12.5 Å². The lowest BCUT2D eigenvalue weighted by molar-refractivity contribution is -0.696. The van der Waals surface area contributed by atoms with E-state index in [1.54, 1.807) is 12.3 Å². The zero-order valence-electron chi connectivity index (χ0n) is 11.9. The van der Waals surface area contributed by atoms with Crippen LogP contribution in [0.25, 0.3) is 0 Å². The van der Waals surface area contributed by atoms with Crippen molar-refractivity contribution in [2.75, 3.05) is 23.3 Å². The quantitative estimate of drug-likeness (QED) is 0.524. The van der Waals surface area contributed by atoms with Crippen LogP contribution in [-0.4, -0.2) is 16.1 Å². The van der Waals surface area contributed by atoms with Crippen molar-refractivity contribution in [2.45, 2.75) is 32.9 Å². The Hall–Kier alpha value is -2.24. The van der Waals surface area contributed by atoms with Crippen LogP contribution in [0.2, 0.25) is 0 Å². The third-order valence-electron chi connectivity index (χ3n) is 3.05. The van der Waals surface area contributed by atoms with E-state index in [1.807, 2.05) is 0 Å². The number of aromatic nitrogens is 3. The molecule has 0 aliphatic rings. The molecular formula is C14H23N6+. The Morgan fingerprint density at radius 2 is 2.25 bits per heavy atom. The van der Waals surface area contributed by atoms with Crippen molar-refractivity contribution in [3.8, 4) is 0 Å². The van der Waals surface area contributed by atoms with Gasteiger partial charge in [-0.15, -0.1) is 0 Å². The molecule has 0 unspecified atom stereocenters. The summed E-state index contributed by atoms with van der Waals surface area (Å²) in [5.41, 5.74) is 12.6. The molecule has 0 saturated carbocycles. The molecule has 0 aliphatic carbocycles. The molecule has 2 heterocycles. The molecule has 0 fully saturated rings. The molecule has 0 aromatic carbocycles. The van der Waals surface area contributed by atoms with Crippen LogP contribution in [0.3, 0.4) is 0 Å². The maximum atomic E-state index is 5.84. The number of imidazole rings is 1. The third kappa shape index (κ3) is 3.88.